The van der Waals surface area contributed by atoms with Gasteiger partial charge < -0.3 is 10.2 Å². The number of fused-ring (bicyclic) bond motifs is 2. The summed E-state index contributed by atoms with van der Waals surface area (Å²) in [5.41, 5.74) is 0.871. The van der Waals surface area contributed by atoms with Crippen LogP contribution in [0.1, 0.15) is 18.9 Å². The van der Waals surface area contributed by atoms with Crippen molar-refractivity contribution in [3.05, 3.63) is 27.7 Å². The van der Waals surface area contributed by atoms with Crippen molar-refractivity contribution in [2.45, 2.75) is 18.8 Å². The molecule has 1 N–H and O–H groups in total. The molecule has 2 heterocycles. The van der Waals surface area contributed by atoms with E-state index in [0.29, 0.717) is 35.2 Å². The maximum absolute atomic E-state index is 12.3. The van der Waals surface area contributed by atoms with Crippen LogP contribution in [0.3, 0.4) is 0 Å². The third-order valence-electron chi connectivity index (χ3n) is 3.97. The van der Waals surface area contributed by atoms with Crippen molar-refractivity contribution in [3.8, 4) is 0 Å². The van der Waals surface area contributed by atoms with Crippen LogP contribution in [-0.4, -0.2) is 29.8 Å². The predicted molar refractivity (Wildman–Crippen MR) is 73.6 cm³/mol. The molecule has 2 amide bonds. The van der Waals surface area contributed by atoms with Gasteiger partial charge in [0.1, 0.15) is 0 Å². The first-order valence-corrected chi connectivity index (χ1v) is 6.76. The Morgan fingerprint density at radius 1 is 1.37 bits per heavy atom. The van der Waals surface area contributed by atoms with Crippen LogP contribution in [-0.2, 0) is 15.0 Å². The Balaban J connectivity index is 2.08. The molecule has 100 valence electrons. The quantitative estimate of drug-likeness (QED) is 0.800. The van der Waals surface area contributed by atoms with Gasteiger partial charge in [0.25, 0.3) is 0 Å². The fraction of sp³-hybridized carbons (Fsp3) is 0.385. The zero-order chi connectivity index (χ0) is 13.8. The zero-order valence-electron chi connectivity index (χ0n) is 10.3. The lowest BCUT2D eigenvalue weighted by Crippen LogP contribution is -2.38. The van der Waals surface area contributed by atoms with Crippen molar-refractivity contribution in [2.75, 3.05) is 18.4 Å². The SMILES string of the molecule is CC(=O)N1CC[C@]2(C1)C(=O)Nc1cc(Cl)c(Cl)cc12. The average molecular weight is 299 g/mol. The number of hydrogen-bond donors (Lipinski definition) is 1. The monoisotopic (exact) mass is 298 g/mol. The number of nitrogens with zero attached hydrogens (tertiary/aromatic N) is 1. The van der Waals surface area contributed by atoms with Gasteiger partial charge in [0.15, 0.2) is 0 Å². The second-order valence-electron chi connectivity index (χ2n) is 5.04. The third kappa shape index (κ3) is 1.74. The summed E-state index contributed by atoms with van der Waals surface area (Å²) >= 11 is 12.0. The van der Waals surface area contributed by atoms with E-state index >= 15 is 0 Å². The topological polar surface area (TPSA) is 49.4 Å². The van der Waals surface area contributed by atoms with Crippen LogP contribution in [0.4, 0.5) is 5.69 Å². The molecule has 0 aliphatic carbocycles. The number of nitrogens with one attached hydrogen (secondary N) is 1. The Kier molecular flexibility index (Phi) is 2.76. The summed E-state index contributed by atoms with van der Waals surface area (Å²) in [6, 6.07) is 3.41. The second kappa shape index (κ2) is 4.12. The van der Waals surface area contributed by atoms with E-state index in [2.05, 4.69) is 5.32 Å². The molecule has 0 radical (unpaired) electrons. The van der Waals surface area contributed by atoms with Crippen LogP contribution in [0.25, 0.3) is 0 Å². The number of rotatable bonds is 0. The van der Waals surface area contributed by atoms with Gasteiger partial charge in [0, 0.05) is 25.7 Å². The second-order valence-corrected chi connectivity index (χ2v) is 5.85. The summed E-state index contributed by atoms with van der Waals surface area (Å²) in [6.45, 7) is 2.50. The summed E-state index contributed by atoms with van der Waals surface area (Å²) < 4.78 is 0. The van der Waals surface area contributed by atoms with Crippen LogP contribution in [0.2, 0.25) is 10.0 Å². The average Bonchev–Trinajstić information content (AvgIpc) is 2.88. The van der Waals surface area contributed by atoms with Gasteiger partial charge in [-0.25, -0.2) is 0 Å². The summed E-state index contributed by atoms with van der Waals surface area (Å²) in [6.07, 6.45) is 0.614. The zero-order valence-corrected chi connectivity index (χ0v) is 11.8. The highest BCUT2D eigenvalue weighted by Gasteiger charge is 2.51. The molecule has 4 nitrogen and oxygen atoms in total. The van der Waals surface area contributed by atoms with Gasteiger partial charge in [0.2, 0.25) is 11.8 Å². The number of carbonyl (C=O) groups is 2. The number of halogens is 2. The summed E-state index contributed by atoms with van der Waals surface area (Å²) in [5, 5.41) is 3.68. The number of hydrogen-bond acceptors (Lipinski definition) is 2. The maximum atomic E-state index is 12.3. The van der Waals surface area contributed by atoms with E-state index in [1.54, 1.807) is 17.0 Å². The highest BCUT2D eigenvalue weighted by atomic mass is 35.5. The van der Waals surface area contributed by atoms with E-state index in [1.165, 1.54) is 6.92 Å². The highest BCUT2D eigenvalue weighted by Crippen LogP contribution is 2.46. The molecular formula is C13H12Cl2N2O2. The van der Waals surface area contributed by atoms with Crippen molar-refractivity contribution in [2.24, 2.45) is 0 Å². The minimum atomic E-state index is -0.671. The molecule has 3 rings (SSSR count). The lowest BCUT2D eigenvalue weighted by Gasteiger charge is -2.22. The van der Waals surface area contributed by atoms with Gasteiger partial charge in [-0.15, -0.1) is 0 Å². The maximum Gasteiger partial charge on any atom is 0.237 e. The van der Waals surface area contributed by atoms with E-state index in [0.717, 1.165) is 5.56 Å². The molecule has 1 aromatic rings. The van der Waals surface area contributed by atoms with Crippen molar-refractivity contribution >= 4 is 40.7 Å². The van der Waals surface area contributed by atoms with E-state index in [1.807, 2.05) is 0 Å². The Bertz CT molecular complexity index is 603. The van der Waals surface area contributed by atoms with Crippen molar-refractivity contribution < 1.29 is 9.59 Å². The Labute approximate surface area is 120 Å². The van der Waals surface area contributed by atoms with Crippen molar-refractivity contribution in [1.29, 1.82) is 0 Å². The molecule has 1 atom stereocenters. The largest absolute Gasteiger partial charge is 0.341 e. The van der Waals surface area contributed by atoms with Crippen molar-refractivity contribution in [3.63, 3.8) is 0 Å². The number of carbonyl (C=O) groups excluding carboxylic acids is 2. The highest BCUT2D eigenvalue weighted by molar-refractivity contribution is 6.42. The van der Waals surface area contributed by atoms with Gasteiger partial charge in [-0.3, -0.25) is 9.59 Å². The van der Waals surface area contributed by atoms with Crippen LogP contribution < -0.4 is 5.32 Å². The first kappa shape index (κ1) is 12.8. The van der Waals surface area contributed by atoms with E-state index in [9.17, 15) is 9.59 Å². The van der Waals surface area contributed by atoms with Crippen LogP contribution >= 0.6 is 23.2 Å². The first-order valence-electron chi connectivity index (χ1n) is 6.00. The smallest absolute Gasteiger partial charge is 0.237 e. The Morgan fingerprint density at radius 3 is 2.68 bits per heavy atom. The van der Waals surface area contributed by atoms with E-state index < -0.39 is 5.41 Å². The molecule has 19 heavy (non-hydrogen) atoms. The molecule has 1 fully saturated rings. The molecule has 0 aromatic heterocycles. The molecule has 0 bridgehead atoms. The molecule has 0 unspecified atom stereocenters. The minimum Gasteiger partial charge on any atom is -0.341 e. The lowest BCUT2D eigenvalue weighted by molar-refractivity contribution is -0.128. The predicted octanol–water partition coefficient (Wildman–Crippen LogP) is 2.44. The molecule has 6 heteroatoms. The fourth-order valence-electron chi connectivity index (χ4n) is 2.89. The molecule has 1 saturated heterocycles. The van der Waals surface area contributed by atoms with Crippen molar-refractivity contribution in [1.82, 2.24) is 4.90 Å². The minimum absolute atomic E-state index is 0.0156. The molecule has 1 aromatic carbocycles. The Morgan fingerprint density at radius 2 is 2.05 bits per heavy atom. The first-order chi connectivity index (χ1) is 8.94. The van der Waals surface area contributed by atoms with Gasteiger partial charge >= 0.3 is 0 Å². The lowest BCUT2D eigenvalue weighted by atomic mass is 9.81. The van der Waals surface area contributed by atoms with Gasteiger partial charge in [-0.2, -0.15) is 0 Å². The summed E-state index contributed by atoms with van der Waals surface area (Å²) in [7, 11) is 0. The summed E-state index contributed by atoms with van der Waals surface area (Å²) in [5.74, 6) is -0.0947. The fourth-order valence-corrected chi connectivity index (χ4v) is 3.22. The molecular weight excluding hydrogens is 287 g/mol. The third-order valence-corrected chi connectivity index (χ3v) is 4.70. The molecule has 2 aliphatic rings. The van der Waals surface area contributed by atoms with Gasteiger partial charge in [-0.1, -0.05) is 23.2 Å². The van der Waals surface area contributed by atoms with E-state index in [-0.39, 0.29) is 11.8 Å². The van der Waals surface area contributed by atoms with Gasteiger partial charge in [-0.05, 0) is 24.1 Å². The van der Waals surface area contributed by atoms with E-state index in [4.69, 9.17) is 23.2 Å². The molecule has 1 spiro atoms. The standard InChI is InChI=1S/C13H12Cl2N2O2/c1-7(18)17-3-2-13(6-17)8-4-9(14)10(15)5-11(8)16-12(13)19/h4-5H,2-3,6H2,1H3,(H,16,19)/t13-/m1/s1. The number of likely N-dealkylation sites (tertiary alicyclic amines) is 1. The number of amides is 2. The van der Waals surface area contributed by atoms with Crippen LogP contribution in [0.5, 0.6) is 0 Å². The van der Waals surface area contributed by atoms with Crippen LogP contribution in [0.15, 0.2) is 12.1 Å². The summed E-state index contributed by atoms with van der Waals surface area (Å²) in [4.78, 5) is 25.5. The van der Waals surface area contributed by atoms with Crippen LogP contribution in [0, 0.1) is 0 Å². The Hall–Kier alpha value is -1.26. The normalized spacial score (nSPS) is 24.8. The van der Waals surface area contributed by atoms with Gasteiger partial charge in [0.05, 0.1) is 15.5 Å². The number of anilines is 1. The number of benzene rings is 1. The molecule has 0 saturated carbocycles. The molecule has 2 aliphatic heterocycles.